The molecule has 21 heavy (non-hydrogen) atoms. The van der Waals surface area contributed by atoms with Crippen molar-refractivity contribution in [2.24, 2.45) is 0 Å². The minimum atomic E-state index is -0.510. The van der Waals surface area contributed by atoms with Crippen LogP contribution in [0.4, 0.5) is 11.4 Å². The normalized spacial score (nSPS) is 15.4. The number of nitro benzene ring substituents is 1. The lowest BCUT2D eigenvalue weighted by Crippen LogP contribution is -2.49. The highest BCUT2D eigenvalue weighted by molar-refractivity contribution is 5.93. The molecular weight excluding hydrogens is 276 g/mol. The molecule has 0 radical (unpaired) electrons. The van der Waals surface area contributed by atoms with Crippen LogP contribution in [0.15, 0.2) is 18.2 Å². The Morgan fingerprint density at radius 1 is 1.52 bits per heavy atom. The maximum Gasteiger partial charge on any atom is 0.271 e. The highest BCUT2D eigenvalue weighted by Gasteiger charge is 2.19. The molecule has 0 saturated carbocycles. The second kappa shape index (κ2) is 6.31. The Kier molecular flexibility index (Phi) is 4.49. The van der Waals surface area contributed by atoms with Crippen molar-refractivity contribution in [2.45, 2.75) is 6.92 Å². The Balaban J connectivity index is 2.00. The number of piperazine rings is 1. The van der Waals surface area contributed by atoms with Gasteiger partial charge in [0, 0.05) is 25.2 Å². The summed E-state index contributed by atoms with van der Waals surface area (Å²) in [5, 5.41) is 16.1. The van der Waals surface area contributed by atoms with E-state index in [9.17, 15) is 19.7 Å². The van der Waals surface area contributed by atoms with Gasteiger partial charge in [-0.15, -0.1) is 0 Å². The summed E-state index contributed by atoms with van der Waals surface area (Å²) in [6.07, 6.45) is 0. The number of anilines is 1. The standard InChI is InChI=1S/C13H16N4O4/c1-9-2-3-10(17(20)21)6-11(9)15-13(19)8-16-5-4-14-12(18)7-16/h2-3,6H,4-5,7-8H2,1H3,(H,14,18)(H,15,19). The van der Waals surface area contributed by atoms with Gasteiger partial charge in [-0.2, -0.15) is 0 Å². The van der Waals surface area contributed by atoms with Gasteiger partial charge in [0.2, 0.25) is 11.8 Å². The first-order valence-corrected chi connectivity index (χ1v) is 6.49. The Labute approximate surface area is 121 Å². The van der Waals surface area contributed by atoms with E-state index in [4.69, 9.17) is 0 Å². The zero-order valence-corrected chi connectivity index (χ0v) is 11.6. The predicted molar refractivity (Wildman–Crippen MR) is 75.9 cm³/mol. The van der Waals surface area contributed by atoms with Crippen LogP contribution < -0.4 is 10.6 Å². The Morgan fingerprint density at radius 2 is 2.29 bits per heavy atom. The molecule has 1 heterocycles. The molecule has 0 bridgehead atoms. The highest BCUT2D eigenvalue weighted by atomic mass is 16.6. The first kappa shape index (κ1) is 14.9. The summed E-state index contributed by atoms with van der Waals surface area (Å²) >= 11 is 0. The topological polar surface area (TPSA) is 105 Å². The van der Waals surface area contributed by atoms with E-state index in [0.29, 0.717) is 18.8 Å². The van der Waals surface area contributed by atoms with E-state index in [0.717, 1.165) is 5.56 Å². The van der Waals surface area contributed by atoms with Crippen molar-refractivity contribution in [1.82, 2.24) is 10.2 Å². The first-order chi connectivity index (χ1) is 9.95. The number of nitrogens with one attached hydrogen (secondary N) is 2. The van der Waals surface area contributed by atoms with Crippen molar-refractivity contribution in [1.29, 1.82) is 0 Å². The number of nitro groups is 1. The van der Waals surface area contributed by atoms with E-state index < -0.39 is 4.92 Å². The number of rotatable bonds is 4. The van der Waals surface area contributed by atoms with Crippen LogP contribution in [-0.2, 0) is 9.59 Å². The molecule has 1 aromatic rings. The van der Waals surface area contributed by atoms with Crippen molar-refractivity contribution in [3.63, 3.8) is 0 Å². The number of hydrogen-bond donors (Lipinski definition) is 2. The molecule has 1 aliphatic rings. The fourth-order valence-corrected chi connectivity index (χ4v) is 2.08. The smallest absolute Gasteiger partial charge is 0.271 e. The third-order valence-electron chi connectivity index (χ3n) is 3.19. The van der Waals surface area contributed by atoms with E-state index in [1.54, 1.807) is 17.9 Å². The van der Waals surface area contributed by atoms with Crippen LogP contribution in [-0.4, -0.2) is 47.8 Å². The lowest BCUT2D eigenvalue weighted by atomic mass is 10.2. The Bertz CT molecular complexity index is 588. The number of aryl methyl sites for hydroxylation is 1. The van der Waals surface area contributed by atoms with Crippen LogP contribution >= 0.6 is 0 Å². The molecule has 0 aliphatic carbocycles. The molecule has 8 nitrogen and oxygen atoms in total. The molecule has 0 aromatic heterocycles. The van der Waals surface area contributed by atoms with Gasteiger partial charge >= 0.3 is 0 Å². The molecule has 112 valence electrons. The molecule has 0 unspecified atom stereocenters. The van der Waals surface area contributed by atoms with Gasteiger partial charge in [-0.1, -0.05) is 6.07 Å². The minimum Gasteiger partial charge on any atom is -0.354 e. The van der Waals surface area contributed by atoms with Crippen LogP contribution in [0.25, 0.3) is 0 Å². The molecular formula is C13H16N4O4. The van der Waals surface area contributed by atoms with Crippen LogP contribution in [0.3, 0.4) is 0 Å². The van der Waals surface area contributed by atoms with Crippen LogP contribution in [0, 0.1) is 17.0 Å². The van der Waals surface area contributed by atoms with Crippen molar-refractivity contribution in [2.75, 3.05) is 31.5 Å². The average Bonchev–Trinajstić information content (AvgIpc) is 2.41. The number of hydrogen-bond acceptors (Lipinski definition) is 5. The lowest BCUT2D eigenvalue weighted by molar-refractivity contribution is -0.384. The molecule has 2 rings (SSSR count). The second-order valence-corrected chi connectivity index (χ2v) is 4.87. The molecule has 1 saturated heterocycles. The fraction of sp³-hybridized carbons (Fsp3) is 0.385. The molecule has 2 N–H and O–H groups in total. The maximum absolute atomic E-state index is 12.0. The van der Waals surface area contributed by atoms with Crippen molar-refractivity contribution in [3.05, 3.63) is 33.9 Å². The third-order valence-corrected chi connectivity index (χ3v) is 3.19. The molecule has 1 fully saturated rings. The molecule has 8 heteroatoms. The van der Waals surface area contributed by atoms with Gasteiger partial charge in [0.25, 0.3) is 5.69 Å². The summed E-state index contributed by atoms with van der Waals surface area (Å²) in [6, 6.07) is 4.30. The number of carbonyl (C=O) groups is 2. The van der Waals surface area contributed by atoms with Crippen LogP contribution in [0.1, 0.15) is 5.56 Å². The van der Waals surface area contributed by atoms with Gasteiger partial charge in [-0.25, -0.2) is 0 Å². The van der Waals surface area contributed by atoms with Gasteiger partial charge < -0.3 is 10.6 Å². The zero-order chi connectivity index (χ0) is 15.4. The SMILES string of the molecule is Cc1ccc([N+](=O)[O-])cc1NC(=O)CN1CCNC(=O)C1. The molecule has 0 spiro atoms. The predicted octanol–water partition coefficient (Wildman–Crippen LogP) is 0.274. The molecule has 2 amide bonds. The maximum atomic E-state index is 12.0. The van der Waals surface area contributed by atoms with Gasteiger partial charge in [0.1, 0.15) is 0 Å². The first-order valence-electron chi connectivity index (χ1n) is 6.49. The quantitative estimate of drug-likeness (QED) is 0.612. The number of benzene rings is 1. The van der Waals surface area contributed by atoms with Gasteiger partial charge in [-0.3, -0.25) is 24.6 Å². The summed E-state index contributed by atoms with van der Waals surface area (Å²) in [5.74, 6) is -0.408. The van der Waals surface area contributed by atoms with Crippen molar-refractivity contribution in [3.8, 4) is 0 Å². The largest absolute Gasteiger partial charge is 0.354 e. The van der Waals surface area contributed by atoms with E-state index in [1.807, 2.05) is 0 Å². The minimum absolute atomic E-state index is 0.0757. The summed E-state index contributed by atoms with van der Waals surface area (Å²) in [6.45, 7) is 3.14. The van der Waals surface area contributed by atoms with E-state index in [1.165, 1.54) is 12.1 Å². The van der Waals surface area contributed by atoms with Gasteiger partial charge in [0.15, 0.2) is 0 Å². The van der Waals surface area contributed by atoms with Crippen molar-refractivity contribution >= 4 is 23.2 Å². The number of amides is 2. The highest BCUT2D eigenvalue weighted by Crippen LogP contribution is 2.21. The van der Waals surface area contributed by atoms with E-state index >= 15 is 0 Å². The lowest BCUT2D eigenvalue weighted by Gasteiger charge is -2.25. The number of nitrogens with zero attached hydrogens (tertiary/aromatic N) is 2. The summed E-state index contributed by atoms with van der Waals surface area (Å²) in [4.78, 5) is 35.2. The van der Waals surface area contributed by atoms with Crippen molar-refractivity contribution < 1.29 is 14.5 Å². The van der Waals surface area contributed by atoms with Gasteiger partial charge in [-0.05, 0) is 12.5 Å². The Hall–Kier alpha value is -2.48. The zero-order valence-electron chi connectivity index (χ0n) is 11.6. The van der Waals surface area contributed by atoms with Crippen LogP contribution in [0.2, 0.25) is 0 Å². The summed E-state index contributed by atoms with van der Waals surface area (Å²) in [5.41, 5.74) is 1.08. The molecule has 1 aromatic carbocycles. The average molecular weight is 292 g/mol. The monoisotopic (exact) mass is 292 g/mol. The second-order valence-electron chi connectivity index (χ2n) is 4.87. The summed E-state index contributed by atoms with van der Waals surface area (Å²) < 4.78 is 0. The summed E-state index contributed by atoms with van der Waals surface area (Å²) in [7, 11) is 0. The Morgan fingerprint density at radius 3 is 2.95 bits per heavy atom. The number of carbonyl (C=O) groups excluding carboxylic acids is 2. The molecule has 0 atom stereocenters. The fourth-order valence-electron chi connectivity index (χ4n) is 2.08. The molecule has 1 aliphatic heterocycles. The van der Waals surface area contributed by atoms with Gasteiger partial charge in [0.05, 0.1) is 23.7 Å². The van der Waals surface area contributed by atoms with E-state index in [-0.39, 0.29) is 30.6 Å². The van der Waals surface area contributed by atoms with Crippen LogP contribution in [0.5, 0.6) is 0 Å². The van der Waals surface area contributed by atoms with E-state index in [2.05, 4.69) is 10.6 Å². The number of non-ortho nitro benzene ring substituents is 1. The third kappa shape index (κ3) is 3.99.